The molecule has 4 heteroatoms. The van der Waals surface area contributed by atoms with E-state index in [-0.39, 0.29) is 6.61 Å². The lowest BCUT2D eigenvalue weighted by molar-refractivity contribution is -0.113. The fraction of sp³-hybridized carbons (Fsp3) is 0.357. The Hall–Kier alpha value is -1.65. The second-order valence-corrected chi connectivity index (χ2v) is 4.47. The minimum absolute atomic E-state index is 0.0252. The molecule has 2 aromatic rings. The van der Waals surface area contributed by atoms with Crippen molar-refractivity contribution >= 4 is 17.3 Å². The molecule has 2 rings (SSSR count). The summed E-state index contributed by atoms with van der Waals surface area (Å²) in [6, 6.07) is 7.78. The van der Waals surface area contributed by atoms with Gasteiger partial charge >= 0.3 is 0 Å². The van der Waals surface area contributed by atoms with E-state index in [1.807, 2.05) is 24.3 Å². The zero-order valence-electron chi connectivity index (χ0n) is 10.3. The summed E-state index contributed by atoms with van der Waals surface area (Å²) in [5.41, 5.74) is 1.11. The number of benzene rings is 1. The summed E-state index contributed by atoms with van der Waals surface area (Å²) >= 11 is 0. The second-order valence-electron chi connectivity index (χ2n) is 4.47. The van der Waals surface area contributed by atoms with Gasteiger partial charge in [0.25, 0.3) is 0 Å². The van der Waals surface area contributed by atoms with Gasteiger partial charge in [0.1, 0.15) is 11.9 Å². The summed E-state index contributed by atoms with van der Waals surface area (Å²) in [5.74, 6) is 0. The van der Waals surface area contributed by atoms with Gasteiger partial charge in [-0.25, -0.2) is 0 Å². The van der Waals surface area contributed by atoms with Crippen LogP contribution in [0.1, 0.15) is 12.0 Å². The maximum atomic E-state index is 11.3. The number of hydrogen-bond donors (Lipinski definition) is 2. The summed E-state index contributed by atoms with van der Waals surface area (Å²) in [6.45, 7) is -0.0252. The molecule has 0 saturated heterocycles. The van der Waals surface area contributed by atoms with Gasteiger partial charge in [-0.3, -0.25) is 0 Å². The van der Waals surface area contributed by atoms with Gasteiger partial charge in [-0.1, -0.05) is 12.1 Å². The number of aliphatic hydroxyl groups excluding tert-OH is 1. The third-order valence-corrected chi connectivity index (χ3v) is 3.32. The zero-order valence-corrected chi connectivity index (χ0v) is 10.3. The van der Waals surface area contributed by atoms with E-state index in [4.69, 9.17) is 9.52 Å². The van der Waals surface area contributed by atoms with E-state index < -0.39 is 5.54 Å². The highest BCUT2D eigenvalue weighted by Gasteiger charge is 2.27. The molecule has 4 nitrogen and oxygen atoms in total. The standard InChI is InChI=1S/C14H17NO3/c1-15-14(10-17,5-6-16)9-11-2-3-12-4-7-18-13(12)8-11/h2-4,7-8,10,15-16H,5-6,9H2,1H3. The minimum atomic E-state index is -0.713. The molecule has 0 aliphatic carbocycles. The van der Waals surface area contributed by atoms with Crippen LogP contribution in [0.2, 0.25) is 0 Å². The summed E-state index contributed by atoms with van der Waals surface area (Å²) in [7, 11) is 1.73. The Bertz CT molecular complexity index is 535. The van der Waals surface area contributed by atoms with Crippen LogP contribution in [0.4, 0.5) is 0 Å². The van der Waals surface area contributed by atoms with Crippen LogP contribution >= 0.6 is 0 Å². The molecule has 0 saturated carbocycles. The Kier molecular flexibility index (Phi) is 3.79. The highest BCUT2D eigenvalue weighted by molar-refractivity contribution is 5.78. The molecule has 0 fully saturated rings. The SMILES string of the molecule is CNC(C=O)(CCO)Cc1ccc2ccoc2c1. The van der Waals surface area contributed by atoms with Gasteiger partial charge in [-0.05, 0) is 37.6 Å². The molecule has 0 radical (unpaired) electrons. The molecule has 1 aromatic heterocycles. The number of carbonyl (C=O) groups excluding carboxylic acids is 1. The van der Waals surface area contributed by atoms with E-state index in [9.17, 15) is 4.79 Å². The zero-order chi connectivity index (χ0) is 13.0. The van der Waals surface area contributed by atoms with Crippen LogP contribution in [0.3, 0.4) is 0 Å². The van der Waals surface area contributed by atoms with Crippen LogP contribution in [-0.2, 0) is 11.2 Å². The van der Waals surface area contributed by atoms with Gasteiger partial charge in [0, 0.05) is 12.0 Å². The Morgan fingerprint density at radius 1 is 1.44 bits per heavy atom. The number of aldehydes is 1. The normalized spacial score (nSPS) is 14.6. The number of rotatable bonds is 6. The molecule has 2 N–H and O–H groups in total. The fourth-order valence-electron chi connectivity index (χ4n) is 2.13. The average molecular weight is 247 g/mol. The van der Waals surface area contributed by atoms with Gasteiger partial charge in [0.05, 0.1) is 11.8 Å². The first-order valence-corrected chi connectivity index (χ1v) is 5.95. The molecule has 0 aliphatic heterocycles. The largest absolute Gasteiger partial charge is 0.464 e. The summed E-state index contributed by atoms with van der Waals surface area (Å²) in [5, 5.41) is 13.1. The van der Waals surface area contributed by atoms with Crippen molar-refractivity contribution in [2.75, 3.05) is 13.7 Å². The molecule has 1 heterocycles. The number of aliphatic hydroxyl groups is 1. The monoisotopic (exact) mass is 247 g/mol. The van der Waals surface area contributed by atoms with E-state index in [1.165, 1.54) is 0 Å². The summed E-state index contributed by atoms with van der Waals surface area (Å²) < 4.78 is 5.34. The number of carbonyl (C=O) groups is 1. The van der Waals surface area contributed by atoms with Gasteiger partial charge < -0.3 is 19.6 Å². The number of fused-ring (bicyclic) bond motifs is 1. The molecule has 18 heavy (non-hydrogen) atoms. The van der Waals surface area contributed by atoms with E-state index >= 15 is 0 Å². The lowest BCUT2D eigenvalue weighted by Gasteiger charge is -2.26. The minimum Gasteiger partial charge on any atom is -0.464 e. The average Bonchev–Trinajstić information content (AvgIpc) is 2.85. The number of likely N-dealkylation sites (N-methyl/N-ethyl adjacent to an activating group) is 1. The van der Waals surface area contributed by atoms with Crippen molar-refractivity contribution in [1.29, 1.82) is 0 Å². The van der Waals surface area contributed by atoms with Crippen LogP contribution < -0.4 is 5.32 Å². The van der Waals surface area contributed by atoms with Gasteiger partial charge in [0.15, 0.2) is 0 Å². The van der Waals surface area contributed by atoms with Gasteiger partial charge in [-0.15, -0.1) is 0 Å². The third-order valence-electron chi connectivity index (χ3n) is 3.32. The fourth-order valence-corrected chi connectivity index (χ4v) is 2.13. The Morgan fingerprint density at radius 2 is 2.28 bits per heavy atom. The molecule has 1 unspecified atom stereocenters. The van der Waals surface area contributed by atoms with E-state index in [0.717, 1.165) is 22.8 Å². The quantitative estimate of drug-likeness (QED) is 0.760. The van der Waals surface area contributed by atoms with Crippen molar-refractivity contribution in [2.24, 2.45) is 0 Å². The Morgan fingerprint density at radius 3 is 2.94 bits per heavy atom. The highest BCUT2D eigenvalue weighted by Crippen LogP contribution is 2.21. The Balaban J connectivity index is 2.27. The second kappa shape index (κ2) is 5.33. The number of furan rings is 1. The molecule has 1 aromatic carbocycles. The lowest BCUT2D eigenvalue weighted by atomic mass is 9.89. The maximum absolute atomic E-state index is 11.3. The van der Waals surface area contributed by atoms with Crippen molar-refractivity contribution in [3.63, 3.8) is 0 Å². The van der Waals surface area contributed by atoms with Crippen molar-refractivity contribution < 1.29 is 14.3 Å². The van der Waals surface area contributed by atoms with Crippen molar-refractivity contribution in [3.8, 4) is 0 Å². The first-order valence-electron chi connectivity index (χ1n) is 5.95. The Labute approximate surface area is 106 Å². The molecule has 0 amide bonds. The van der Waals surface area contributed by atoms with Crippen LogP contribution in [0.5, 0.6) is 0 Å². The molecule has 0 spiro atoms. The van der Waals surface area contributed by atoms with E-state index in [1.54, 1.807) is 13.3 Å². The van der Waals surface area contributed by atoms with E-state index in [0.29, 0.717) is 12.8 Å². The third kappa shape index (κ3) is 2.44. The van der Waals surface area contributed by atoms with Crippen molar-refractivity contribution in [1.82, 2.24) is 5.32 Å². The van der Waals surface area contributed by atoms with Crippen LogP contribution in [-0.4, -0.2) is 30.6 Å². The van der Waals surface area contributed by atoms with Crippen molar-refractivity contribution in [3.05, 3.63) is 36.1 Å². The summed E-state index contributed by atoms with van der Waals surface area (Å²) in [6.07, 6.45) is 3.44. The van der Waals surface area contributed by atoms with Gasteiger partial charge in [0.2, 0.25) is 0 Å². The topological polar surface area (TPSA) is 62.5 Å². The first kappa shape index (κ1) is 12.8. The molecule has 0 aliphatic rings. The molecule has 1 atom stereocenters. The molecular formula is C14H17NO3. The van der Waals surface area contributed by atoms with Crippen LogP contribution in [0.25, 0.3) is 11.0 Å². The maximum Gasteiger partial charge on any atom is 0.140 e. The molecule has 96 valence electrons. The van der Waals surface area contributed by atoms with Crippen molar-refractivity contribution in [2.45, 2.75) is 18.4 Å². The van der Waals surface area contributed by atoms with Crippen LogP contribution in [0, 0.1) is 0 Å². The predicted molar refractivity (Wildman–Crippen MR) is 69.5 cm³/mol. The lowest BCUT2D eigenvalue weighted by Crippen LogP contribution is -2.47. The molecule has 0 bridgehead atoms. The predicted octanol–water partition coefficient (Wildman–Crippen LogP) is 1.51. The van der Waals surface area contributed by atoms with Crippen LogP contribution in [0.15, 0.2) is 34.9 Å². The smallest absolute Gasteiger partial charge is 0.140 e. The number of nitrogens with one attached hydrogen (secondary N) is 1. The van der Waals surface area contributed by atoms with E-state index in [2.05, 4.69) is 5.32 Å². The highest BCUT2D eigenvalue weighted by atomic mass is 16.3. The number of hydrogen-bond acceptors (Lipinski definition) is 4. The molecular weight excluding hydrogens is 230 g/mol. The van der Waals surface area contributed by atoms with Gasteiger partial charge in [-0.2, -0.15) is 0 Å². The summed E-state index contributed by atoms with van der Waals surface area (Å²) in [4.78, 5) is 11.3. The first-order chi connectivity index (χ1) is 8.73.